The van der Waals surface area contributed by atoms with Gasteiger partial charge in [-0.1, -0.05) is 0 Å². The number of nitrogens with one attached hydrogen (secondary N) is 1. The minimum Gasteiger partial charge on any atom is -0.479 e. The molecular weight excluding hydrogens is 288 g/mol. The van der Waals surface area contributed by atoms with Gasteiger partial charge in [0.2, 0.25) is 0 Å². The Labute approximate surface area is 126 Å². The molecule has 2 rings (SSSR count). The van der Waals surface area contributed by atoms with Crippen molar-refractivity contribution in [3.8, 4) is 5.75 Å². The number of hydrazone groups is 1. The molecule has 7 nitrogen and oxygen atoms in total. The second-order valence-electron chi connectivity index (χ2n) is 4.34. The molecule has 0 bridgehead atoms. The molecule has 1 heterocycles. The molecule has 0 aliphatic rings. The van der Waals surface area contributed by atoms with Crippen LogP contribution in [0.25, 0.3) is 0 Å². The molecule has 7 heteroatoms. The van der Waals surface area contributed by atoms with Gasteiger partial charge in [0.25, 0.3) is 0 Å². The van der Waals surface area contributed by atoms with E-state index in [4.69, 9.17) is 14.3 Å². The zero-order chi connectivity index (χ0) is 15.9. The maximum atomic E-state index is 11.5. The normalized spacial score (nSPS) is 12.0. The van der Waals surface area contributed by atoms with Gasteiger partial charge < -0.3 is 14.3 Å². The zero-order valence-corrected chi connectivity index (χ0v) is 11.7. The monoisotopic (exact) mass is 302 g/mol. The summed E-state index contributed by atoms with van der Waals surface area (Å²) in [6.45, 7) is 1.45. The molecule has 0 saturated heterocycles. The van der Waals surface area contributed by atoms with Gasteiger partial charge in [-0.3, -0.25) is 4.79 Å². The Bertz CT molecular complexity index is 662. The highest BCUT2D eigenvalue weighted by Crippen LogP contribution is 2.13. The minimum absolute atomic E-state index is 0.170. The Balaban J connectivity index is 1.89. The number of amides is 1. The van der Waals surface area contributed by atoms with Gasteiger partial charge >= 0.3 is 11.9 Å². The molecule has 0 radical (unpaired) electrons. The molecule has 0 aliphatic carbocycles. The summed E-state index contributed by atoms with van der Waals surface area (Å²) < 4.78 is 10.1. The molecule has 22 heavy (non-hydrogen) atoms. The van der Waals surface area contributed by atoms with Crippen LogP contribution >= 0.6 is 0 Å². The third-order valence-corrected chi connectivity index (χ3v) is 2.67. The van der Waals surface area contributed by atoms with Crippen molar-refractivity contribution in [3.05, 3.63) is 54.0 Å². The number of hydrogen-bond donors (Lipinski definition) is 2. The standard InChI is InChI=1S/C15H14N2O5/c1-10(15(19)20)22-12-6-4-11(5-7-12)9-16-17-14(18)13-3-2-8-21-13/h2-10H,1H3,(H,17,18)(H,19,20)/b16-9-/t10-/m1/s1. The van der Waals surface area contributed by atoms with E-state index in [1.165, 1.54) is 25.5 Å². The van der Waals surface area contributed by atoms with Gasteiger partial charge in [-0.25, -0.2) is 10.2 Å². The number of nitrogens with zero attached hydrogens (tertiary/aromatic N) is 1. The predicted octanol–water partition coefficient (Wildman–Crippen LogP) is 1.90. The number of carboxylic acids is 1. The maximum Gasteiger partial charge on any atom is 0.344 e. The molecule has 1 atom stereocenters. The first-order valence-electron chi connectivity index (χ1n) is 6.42. The zero-order valence-electron chi connectivity index (χ0n) is 11.7. The lowest BCUT2D eigenvalue weighted by Gasteiger charge is -2.09. The minimum atomic E-state index is -1.04. The van der Waals surface area contributed by atoms with Crippen molar-refractivity contribution in [2.24, 2.45) is 5.10 Å². The summed E-state index contributed by atoms with van der Waals surface area (Å²) in [6.07, 6.45) is 1.92. The van der Waals surface area contributed by atoms with Gasteiger partial charge in [0.15, 0.2) is 11.9 Å². The van der Waals surface area contributed by atoms with E-state index >= 15 is 0 Å². The highest BCUT2D eigenvalue weighted by Gasteiger charge is 2.11. The Morgan fingerprint density at radius 3 is 2.64 bits per heavy atom. The number of rotatable bonds is 6. The van der Waals surface area contributed by atoms with E-state index in [-0.39, 0.29) is 5.76 Å². The molecular formula is C15H14N2O5. The fourth-order valence-corrected chi connectivity index (χ4v) is 1.52. The highest BCUT2D eigenvalue weighted by molar-refractivity contribution is 5.92. The molecule has 0 spiro atoms. The number of hydrogen-bond acceptors (Lipinski definition) is 5. The van der Waals surface area contributed by atoms with Gasteiger partial charge in [0.05, 0.1) is 12.5 Å². The molecule has 1 aromatic heterocycles. The molecule has 2 aromatic rings. The summed E-state index contributed by atoms with van der Waals surface area (Å²) in [6, 6.07) is 9.75. The topological polar surface area (TPSA) is 101 Å². The van der Waals surface area contributed by atoms with E-state index in [1.54, 1.807) is 30.3 Å². The fraction of sp³-hybridized carbons (Fsp3) is 0.133. The van der Waals surface area contributed by atoms with Crippen molar-refractivity contribution >= 4 is 18.1 Å². The summed E-state index contributed by atoms with van der Waals surface area (Å²) in [4.78, 5) is 22.2. The summed E-state index contributed by atoms with van der Waals surface area (Å²) in [5.41, 5.74) is 3.04. The van der Waals surface area contributed by atoms with Crippen molar-refractivity contribution in [1.29, 1.82) is 0 Å². The molecule has 2 N–H and O–H groups in total. The fourth-order valence-electron chi connectivity index (χ4n) is 1.52. The third kappa shape index (κ3) is 4.20. The first-order valence-corrected chi connectivity index (χ1v) is 6.42. The van der Waals surface area contributed by atoms with Crippen LogP contribution in [0, 0.1) is 0 Å². The average Bonchev–Trinajstić information content (AvgIpc) is 3.03. The van der Waals surface area contributed by atoms with Gasteiger partial charge in [0.1, 0.15) is 5.75 Å². The van der Waals surface area contributed by atoms with Crippen LogP contribution in [0.15, 0.2) is 52.2 Å². The molecule has 0 saturated carbocycles. The molecule has 0 fully saturated rings. The van der Waals surface area contributed by atoms with E-state index in [1.807, 2.05) is 0 Å². The summed E-state index contributed by atoms with van der Waals surface area (Å²) >= 11 is 0. The number of carbonyl (C=O) groups is 2. The Kier molecular flexibility index (Phi) is 4.92. The first-order chi connectivity index (χ1) is 10.6. The van der Waals surface area contributed by atoms with Crippen LogP contribution in [0.2, 0.25) is 0 Å². The second kappa shape index (κ2) is 7.07. The van der Waals surface area contributed by atoms with Crippen molar-refractivity contribution in [1.82, 2.24) is 5.43 Å². The second-order valence-corrected chi connectivity index (χ2v) is 4.34. The number of carboxylic acid groups (broad SMARTS) is 1. The number of benzene rings is 1. The van der Waals surface area contributed by atoms with Crippen molar-refractivity contribution in [2.75, 3.05) is 0 Å². The molecule has 1 amide bonds. The van der Waals surface area contributed by atoms with Crippen molar-refractivity contribution in [2.45, 2.75) is 13.0 Å². The van der Waals surface area contributed by atoms with E-state index in [0.29, 0.717) is 5.75 Å². The lowest BCUT2D eigenvalue weighted by Crippen LogP contribution is -2.22. The van der Waals surface area contributed by atoms with E-state index in [9.17, 15) is 9.59 Å². The van der Waals surface area contributed by atoms with Gasteiger partial charge in [0, 0.05) is 0 Å². The van der Waals surface area contributed by atoms with E-state index in [0.717, 1.165) is 5.56 Å². The molecule has 1 aromatic carbocycles. The van der Waals surface area contributed by atoms with E-state index < -0.39 is 18.0 Å². The lowest BCUT2D eigenvalue weighted by molar-refractivity contribution is -0.144. The van der Waals surface area contributed by atoms with Gasteiger partial charge in [-0.15, -0.1) is 0 Å². The van der Waals surface area contributed by atoms with Gasteiger partial charge in [-0.2, -0.15) is 5.10 Å². The molecule has 0 unspecified atom stereocenters. The van der Waals surface area contributed by atoms with Crippen molar-refractivity contribution in [3.63, 3.8) is 0 Å². The van der Waals surface area contributed by atoms with Crippen LogP contribution < -0.4 is 10.2 Å². The SMILES string of the molecule is C[C@@H](Oc1ccc(/C=N\NC(=O)c2ccco2)cc1)C(=O)O. The Hall–Kier alpha value is -3.09. The molecule has 114 valence electrons. The average molecular weight is 302 g/mol. The van der Waals surface area contributed by atoms with Gasteiger partial charge in [-0.05, 0) is 48.9 Å². The summed E-state index contributed by atoms with van der Waals surface area (Å²) in [7, 11) is 0. The third-order valence-electron chi connectivity index (χ3n) is 2.67. The van der Waals surface area contributed by atoms with Crippen LogP contribution in [0.1, 0.15) is 23.0 Å². The highest BCUT2D eigenvalue weighted by atomic mass is 16.5. The van der Waals surface area contributed by atoms with Crippen molar-refractivity contribution < 1.29 is 23.8 Å². The van der Waals surface area contributed by atoms with Crippen LogP contribution in [0.5, 0.6) is 5.75 Å². The maximum absolute atomic E-state index is 11.5. The largest absolute Gasteiger partial charge is 0.479 e. The summed E-state index contributed by atoms with van der Waals surface area (Å²) in [5, 5.41) is 12.5. The van der Waals surface area contributed by atoms with Crippen LogP contribution in [-0.4, -0.2) is 29.3 Å². The van der Waals surface area contributed by atoms with E-state index in [2.05, 4.69) is 10.5 Å². The Morgan fingerprint density at radius 1 is 1.32 bits per heavy atom. The predicted molar refractivity (Wildman–Crippen MR) is 77.9 cm³/mol. The quantitative estimate of drug-likeness (QED) is 0.627. The number of ether oxygens (including phenoxy) is 1. The number of furan rings is 1. The summed E-state index contributed by atoms with van der Waals surface area (Å²) in [5.74, 6) is -0.877. The number of carbonyl (C=O) groups excluding carboxylic acids is 1. The first kappa shape index (κ1) is 15.3. The smallest absolute Gasteiger partial charge is 0.344 e. The number of aliphatic carboxylic acids is 1. The van der Waals surface area contributed by atoms with Crippen LogP contribution in [0.4, 0.5) is 0 Å². The lowest BCUT2D eigenvalue weighted by atomic mass is 10.2. The van der Waals surface area contributed by atoms with Crippen LogP contribution in [-0.2, 0) is 4.79 Å². The Morgan fingerprint density at radius 2 is 2.05 bits per heavy atom. The molecule has 0 aliphatic heterocycles. The van der Waals surface area contributed by atoms with Crippen LogP contribution in [0.3, 0.4) is 0 Å².